The molecule has 1 unspecified atom stereocenters. The first-order valence-corrected chi connectivity index (χ1v) is 6.52. The van der Waals surface area contributed by atoms with Gasteiger partial charge in [0, 0.05) is 23.2 Å². The molecule has 2 aromatic carbocycles. The highest BCUT2D eigenvalue weighted by Gasteiger charge is 2.23. The molecule has 1 atom stereocenters. The van der Waals surface area contributed by atoms with Gasteiger partial charge in [-0.15, -0.1) is 0 Å². The molecule has 19 heavy (non-hydrogen) atoms. The van der Waals surface area contributed by atoms with Crippen LogP contribution in [0.1, 0.15) is 5.56 Å². The number of hydrogen-bond donors (Lipinski definition) is 1. The molecule has 2 aromatic rings. The third-order valence-corrected chi connectivity index (χ3v) is 3.29. The Labute approximate surface area is 116 Å². The van der Waals surface area contributed by atoms with Crippen LogP contribution in [0.3, 0.4) is 0 Å². The van der Waals surface area contributed by atoms with Crippen molar-refractivity contribution >= 4 is 17.3 Å². The molecule has 0 saturated carbocycles. The summed E-state index contributed by atoms with van der Waals surface area (Å²) >= 11 is 5.96. The lowest BCUT2D eigenvalue weighted by atomic mass is 10.1. The van der Waals surface area contributed by atoms with E-state index in [1.807, 2.05) is 36.4 Å². The largest absolute Gasteiger partial charge is 0.490 e. The molecule has 1 heterocycles. The maximum atomic E-state index is 5.96. The Morgan fingerprint density at radius 1 is 1.26 bits per heavy atom. The quantitative estimate of drug-likeness (QED) is 0.874. The fourth-order valence-corrected chi connectivity index (χ4v) is 2.37. The Bertz CT molecular complexity index is 600. The summed E-state index contributed by atoms with van der Waals surface area (Å²) in [6, 6.07) is 13.1. The molecular weight excluding hydrogens is 262 g/mol. The van der Waals surface area contributed by atoms with Crippen LogP contribution in [-0.2, 0) is 6.42 Å². The summed E-state index contributed by atoms with van der Waals surface area (Å²) in [4.78, 5) is 0. The van der Waals surface area contributed by atoms with Gasteiger partial charge < -0.3 is 15.2 Å². The van der Waals surface area contributed by atoms with E-state index in [0.717, 1.165) is 28.5 Å². The van der Waals surface area contributed by atoms with E-state index in [0.29, 0.717) is 12.3 Å². The Morgan fingerprint density at radius 2 is 2.16 bits per heavy atom. The number of hydrogen-bond acceptors (Lipinski definition) is 3. The lowest BCUT2D eigenvalue weighted by Crippen LogP contribution is -2.22. The van der Waals surface area contributed by atoms with Gasteiger partial charge in [-0.25, -0.2) is 0 Å². The molecule has 0 fully saturated rings. The van der Waals surface area contributed by atoms with Crippen molar-refractivity contribution in [3.63, 3.8) is 0 Å². The SMILES string of the molecule is Nc1cccc(OCC2Cc3cc(Cl)ccc3O2)c1. The Balaban J connectivity index is 1.62. The maximum Gasteiger partial charge on any atom is 0.137 e. The standard InChI is InChI=1S/C15H14ClNO2/c16-11-4-5-15-10(6-11)7-14(19-15)9-18-13-3-1-2-12(17)8-13/h1-6,8,14H,7,9,17H2. The first kappa shape index (κ1) is 12.2. The molecule has 0 radical (unpaired) electrons. The average Bonchev–Trinajstić information content (AvgIpc) is 2.78. The monoisotopic (exact) mass is 275 g/mol. The molecule has 4 heteroatoms. The first-order valence-electron chi connectivity index (χ1n) is 6.14. The van der Waals surface area contributed by atoms with E-state index in [4.69, 9.17) is 26.8 Å². The van der Waals surface area contributed by atoms with Crippen LogP contribution in [0.2, 0.25) is 5.02 Å². The van der Waals surface area contributed by atoms with Gasteiger partial charge in [-0.3, -0.25) is 0 Å². The van der Waals surface area contributed by atoms with Gasteiger partial charge in [-0.05, 0) is 35.9 Å². The maximum absolute atomic E-state index is 5.96. The number of fused-ring (bicyclic) bond motifs is 1. The summed E-state index contributed by atoms with van der Waals surface area (Å²) in [6.07, 6.45) is 0.841. The second kappa shape index (κ2) is 5.02. The van der Waals surface area contributed by atoms with Gasteiger partial charge in [0.15, 0.2) is 0 Å². The first-order chi connectivity index (χ1) is 9.20. The zero-order chi connectivity index (χ0) is 13.2. The molecule has 0 bridgehead atoms. The van der Waals surface area contributed by atoms with Crippen molar-refractivity contribution in [3.8, 4) is 11.5 Å². The predicted molar refractivity (Wildman–Crippen MR) is 75.9 cm³/mol. The third kappa shape index (κ3) is 2.76. The minimum absolute atomic E-state index is 0.0231. The number of nitrogen functional groups attached to an aromatic ring is 1. The molecule has 0 saturated heterocycles. The molecule has 3 rings (SSSR count). The van der Waals surface area contributed by atoms with Crippen molar-refractivity contribution in [2.75, 3.05) is 12.3 Å². The molecule has 2 N–H and O–H groups in total. The lowest BCUT2D eigenvalue weighted by Gasteiger charge is -2.12. The fraction of sp³-hybridized carbons (Fsp3) is 0.200. The number of benzene rings is 2. The highest BCUT2D eigenvalue weighted by atomic mass is 35.5. The predicted octanol–water partition coefficient (Wildman–Crippen LogP) is 3.30. The van der Waals surface area contributed by atoms with E-state index >= 15 is 0 Å². The van der Waals surface area contributed by atoms with Crippen LogP contribution in [0.25, 0.3) is 0 Å². The smallest absolute Gasteiger partial charge is 0.137 e. The summed E-state index contributed by atoms with van der Waals surface area (Å²) < 4.78 is 11.5. The van der Waals surface area contributed by atoms with E-state index in [1.165, 1.54) is 0 Å². The van der Waals surface area contributed by atoms with Crippen molar-refractivity contribution in [1.29, 1.82) is 0 Å². The van der Waals surface area contributed by atoms with E-state index in [9.17, 15) is 0 Å². The number of nitrogens with two attached hydrogens (primary N) is 1. The summed E-state index contributed by atoms with van der Waals surface area (Å²) in [5.41, 5.74) is 7.53. The van der Waals surface area contributed by atoms with Crippen LogP contribution in [0.15, 0.2) is 42.5 Å². The fourth-order valence-electron chi connectivity index (χ4n) is 2.18. The lowest BCUT2D eigenvalue weighted by molar-refractivity contribution is 0.148. The highest BCUT2D eigenvalue weighted by Crippen LogP contribution is 2.31. The summed E-state index contributed by atoms with van der Waals surface area (Å²) in [6.45, 7) is 0.496. The van der Waals surface area contributed by atoms with Crippen LogP contribution in [0, 0.1) is 0 Å². The molecule has 0 spiro atoms. The minimum atomic E-state index is 0.0231. The Kier molecular flexibility index (Phi) is 3.22. The van der Waals surface area contributed by atoms with Crippen molar-refractivity contribution < 1.29 is 9.47 Å². The van der Waals surface area contributed by atoms with Gasteiger partial charge in [0.2, 0.25) is 0 Å². The molecule has 0 aliphatic carbocycles. The van der Waals surface area contributed by atoms with E-state index in [-0.39, 0.29) is 6.10 Å². The number of rotatable bonds is 3. The minimum Gasteiger partial charge on any atom is -0.490 e. The van der Waals surface area contributed by atoms with Gasteiger partial charge in [0.25, 0.3) is 0 Å². The topological polar surface area (TPSA) is 44.5 Å². The molecule has 1 aliphatic heterocycles. The van der Waals surface area contributed by atoms with Gasteiger partial charge in [0.05, 0.1) is 0 Å². The van der Waals surface area contributed by atoms with E-state index < -0.39 is 0 Å². The van der Waals surface area contributed by atoms with Crippen LogP contribution in [-0.4, -0.2) is 12.7 Å². The van der Waals surface area contributed by atoms with Crippen molar-refractivity contribution in [2.45, 2.75) is 12.5 Å². The molecular formula is C15H14ClNO2. The Hall–Kier alpha value is -1.87. The summed E-state index contributed by atoms with van der Waals surface area (Å²) in [7, 11) is 0. The zero-order valence-corrected chi connectivity index (χ0v) is 11.1. The molecule has 0 aromatic heterocycles. The number of ether oxygens (including phenoxy) is 2. The zero-order valence-electron chi connectivity index (χ0n) is 10.3. The summed E-state index contributed by atoms with van der Waals surface area (Å²) in [5, 5.41) is 0.736. The normalized spacial score (nSPS) is 16.8. The second-order valence-corrected chi connectivity index (χ2v) is 5.02. The average molecular weight is 276 g/mol. The van der Waals surface area contributed by atoms with Crippen LogP contribution in [0.4, 0.5) is 5.69 Å². The molecule has 3 nitrogen and oxygen atoms in total. The van der Waals surface area contributed by atoms with Gasteiger partial charge >= 0.3 is 0 Å². The third-order valence-electron chi connectivity index (χ3n) is 3.06. The number of anilines is 1. The molecule has 0 amide bonds. The number of halogens is 1. The van der Waals surface area contributed by atoms with E-state index in [1.54, 1.807) is 6.07 Å². The summed E-state index contributed by atoms with van der Waals surface area (Å²) in [5.74, 6) is 1.66. The van der Waals surface area contributed by atoms with Crippen LogP contribution in [0.5, 0.6) is 11.5 Å². The molecule has 1 aliphatic rings. The highest BCUT2D eigenvalue weighted by molar-refractivity contribution is 6.30. The van der Waals surface area contributed by atoms with E-state index in [2.05, 4.69) is 0 Å². The van der Waals surface area contributed by atoms with Gasteiger partial charge in [-0.1, -0.05) is 17.7 Å². The van der Waals surface area contributed by atoms with Gasteiger partial charge in [-0.2, -0.15) is 0 Å². The van der Waals surface area contributed by atoms with Gasteiger partial charge in [0.1, 0.15) is 24.2 Å². The van der Waals surface area contributed by atoms with Crippen LogP contribution < -0.4 is 15.2 Å². The molecule has 98 valence electrons. The van der Waals surface area contributed by atoms with Crippen molar-refractivity contribution in [3.05, 3.63) is 53.1 Å². The Morgan fingerprint density at radius 3 is 3.00 bits per heavy atom. The van der Waals surface area contributed by atoms with Crippen LogP contribution >= 0.6 is 11.6 Å². The van der Waals surface area contributed by atoms with Crippen molar-refractivity contribution in [2.24, 2.45) is 0 Å². The second-order valence-electron chi connectivity index (χ2n) is 4.58. The van der Waals surface area contributed by atoms with Crippen molar-refractivity contribution in [1.82, 2.24) is 0 Å².